The number of terminal acetylenes is 1. The van der Waals surface area contributed by atoms with Gasteiger partial charge in [-0.2, -0.15) is 8.42 Å². The van der Waals surface area contributed by atoms with Crippen LogP contribution in [-0.2, 0) is 14.3 Å². The molecule has 0 aliphatic carbocycles. The third-order valence-corrected chi connectivity index (χ3v) is 3.23. The van der Waals surface area contributed by atoms with E-state index in [9.17, 15) is 13.2 Å². The van der Waals surface area contributed by atoms with Crippen LogP contribution in [0.15, 0.2) is 29.2 Å². The Morgan fingerprint density at radius 2 is 2.24 bits per heavy atom. The maximum absolute atomic E-state index is 11.5. The third-order valence-electron chi connectivity index (χ3n) is 1.96. The molecular weight excluding hydrogens is 242 g/mol. The van der Waals surface area contributed by atoms with Gasteiger partial charge in [0.05, 0.1) is 18.6 Å². The number of amides is 1. The lowest BCUT2D eigenvalue weighted by molar-refractivity contribution is 0.0958. The largest absolute Gasteiger partial charge is 0.341 e. The van der Waals surface area contributed by atoms with Crippen molar-refractivity contribution in [3.63, 3.8) is 0 Å². The molecule has 0 unspecified atom stereocenters. The molecule has 0 aromatic heterocycles. The first-order valence-electron chi connectivity index (χ1n) is 4.63. The lowest BCUT2D eigenvalue weighted by atomic mass is 10.2. The van der Waals surface area contributed by atoms with Crippen molar-refractivity contribution < 1.29 is 17.4 Å². The molecule has 0 bridgehead atoms. The molecule has 0 spiro atoms. The van der Waals surface area contributed by atoms with Crippen molar-refractivity contribution >= 4 is 16.0 Å². The molecule has 0 heterocycles. The lowest BCUT2D eigenvalue weighted by Crippen LogP contribution is -2.23. The average Bonchev–Trinajstić information content (AvgIpc) is 2.36. The van der Waals surface area contributed by atoms with E-state index in [2.05, 4.69) is 15.4 Å². The molecule has 1 aromatic rings. The van der Waals surface area contributed by atoms with Crippen molar-refractivity contribution in [2.24, 2.45) is 0 Å². The Morgan fingerprint density at radius 3 is 2.82 bits per heavy atom. The monoisotopic (exact) mass is 253 g/mol. The van der Waals surface area contributed by atoms with Crippen molar-refractivity contribution in [3.8, 4) is 12.3 Å². The van der Waals surface area contributed by atoms with Crippen LogP contribution >= 0.6 is 0 Å². The Morgan fingerprint density at radius 1 is 1.53 bits per heavy atom. The number of hydrogen-bond donors (Lipinski definition) is 1. The highest BCUT2D eigenvalue weighted by Gasteiger charge is 2.15. The van der Waals surface area contributed by atoms with Gasteiger partial charge in [-0.3, -0.25) is 8.98 Å². The Kier molecular flexibility index (Phi) is 4.26. The Labute approximate surface area is 99.9 Å². The molecule has 0 aliphatic heterocycles. The summed E-state index contributed by atoms with van der Waals surface area (Å²) in [6.45, 7) is 0.0834. The van der Waals surface area contributed by atoms with Crippen molar-refractivity contribution in [3.05, 3.63) is 29.8 Å². The summed E-state index contributed by atoms with van der Waals surface area (Å²) in [6.07, 6.45) is 4.99. The second-order valence-electron chi connectivity index (χ2n) is 3.04. The highest BCUT2D eigenvalue weighted by molar-refractivity contribution is 7.86. The van der Waals surface area contributed by atoms with E-state index >= 15 is 0 Å². The molecule has 17 heavy (non-hydrogen) atoms. The molecule has 1 N–H and O–H groups in total. The highest BCUT2D eigenvalue weighted by atomic mass is 32.2. The number of carbonyl (C=O) groups is 1. The minimum absolute atomic E-state index is 0.0756. The normalized spacial score (nSPS) is 10.6. The summed E-state index contributed by atoms with van der Waals surface area (Å²) in [5.41, 5.74) is 0.207. The summed E-state index contributed by atoms with van der Waals surface area (Å²) in [5, 5.41) is 2.43. The first-order chi connectivity index (χ1) is 8.01. The molecule has 90 valence electrons. The molecule has 5 nitrogen and oxygen atoms in total. The Balaban J connectivity index is 3.03. The molecule has 0 aliphatic rings. The van der Waals surface area contributed by atoms with E-state index in [0.29, 0.717) is 0 Å². The number of hydrogen-bond acceptors (Lipinski definition) is 4. The maximum atomic E-state index is 11.5. The zero-order valence-electron chi connectivity index (χ0n) is 9.14. The van der Waals surface area contributed by atoms with E-state index in [4.69, 9.17) is 6.42 Å². The van der Waals surface area contributed by atoms with Crippen molar-refractivity contribution in [1.82, 2.24) is 5.32 Å². The third kappa shape index (κ3) is 3.31. The Hall–Kier alpha value is -1.84. The van der Waals surface area contributed by atoms with Gasteiger partial charge >= 0.3 is 0 Å². The molecule has 0 atom stereocenters. The van der Waals surface area contributed by atoms with Crippen molar-refractivity contribution in [1.29, 1.82) is 0 Å². The fraction of sp³-hybridized carbons (Fsp3) is 0.182. The van der Waals surface area contributed by atoms with Gasteiger partial charge in [-0.15, -0.1) is 6.42 Å². The van der Waals surface area contributed by atoms with E-state index in [-0.39, 0.29) is 17.0 Å². The molecule has 0 radical (unpaired) electrons. The van der Waals surface area contributed by atoms with Gasteiger partial charge in [0.15, 0.2) is 0 Å². The van der Waals surface area contributed by atoms with E-state index in [1.54, 1.807) is 0 Å². The fourth-order valence-electron chi connectivity index (χ4n) is 1.12. The second-order valence-corrected chi connectivity index (χ2v) is 4.75. The number of benzene rings is 1. The predicted molar refractivity (Wildman–Crippen MR) is 61.8 cm³/mol. The van der Waals surface area contributed by atoms with Crippen LogP contribution in [0.25, 0.3) is 0 Å². The molecule has 6 heteroatoms. The van der Waals surface area contributed by atoms with Gasteiger partial charge in [0, 0.05) is 5.56 Å². The summed E-state index contributed by atoms with van der Waals surface area (Å²) >= 11 is 0. The minimum Gasteiger partial charge on any atom is -0.341 e. The standard InChI is InChI=1S/C11H11NO4S/c1-3-7-12-11(13)9-5-4-6-10(8-9)17(14,15)16-2/h1,4-6,8H,7H2,2H3,(H,12,13). The van der Waals surface area contributed by atoms with Crippen LogP contribution < -0.4 is 5.32 Å². The van der Waals surface area contributed by atoms with Gasteiger partial charge < -0.3 is 5.32 Å². The summed E-state index contributed by atoms with van der Waals surface area (Å²) in [4.78, 5) is 11.5. The quantitative estimate of drug-likeness (QED) is 0.622. The van der Waals surface area contributed by atoms with Crippen molar-refractivity contribution in [2.75, 3.05) is 13.7 Å². The van der Waals surface area contributed by atoms with E-state index in [1.165, 1.54) is 24.3 Å². The van der Waals surface area contributed by atoms with Crippen LogP contribution in [0, 0.1) is 12.3 Å². The second kappa shape index (κ2) is 5.48. The van der Waals surface area contributed by atoms with Crippen LogP contribution in [0.4, 0.5) is 0 Å². The number of nitrogens with one attached hydrogen (secondary N) is 1. The lowest BCUT2D eigenvalue weighted by Gasteiger charge is -2.04. The first-order valence-corrected chi connectivity index (χ1v) is 6.04. The van der Waals surface area contributed by atoms with Gasteiger partial charge in [0.2, 0.25) is 0 Å². The van der Waals surface area contributed by atoms with Gasteiger partial charge in [-0.05, 0) is 18.2 Å². The smallest absolute Gasteiger partial charge is 0.296 e. The van der Waals surface area contributed by atoms with E-state index in [1.807, 2.05) is 0 Å². The average molecular weight is 253 g/mol. The summed E-state index contributed by atoms with van der Waals surface area (Å²) in [6, 6.07) is 5.51. The molecular formula is C11H11NO4S. The van der Waals surface area contributed by atoms with Gasteiger partial charge in [-0.1, -0.05) is 12.0 Å². The molecule has 0 saturated heterocycles. The van der Waals surface area contributed by atoms with Gasteiger partial charge in [-0.25, -0.2) is 0 Å². The molecule has 0 fully saturated rings. The van der Waals surface area contributed by atoms with E-state index < -0.39 is 16.0 Å². The molecule has 1 rings (SSSR count). The SMILES string of the molecule is C#CCNC(=O)c1cccc(S(=O)(=O)OC)c1. The molecule has 1 aromatic carbocycles. The fourth-order valence-corrected chi connectivity index (χ4v) is 1.83. The molecule has 1 amide bonds. The maximum Gasteiger partial charge on any atom is 0.296 e. The number of rotatable bonds is 4. The summed E-state index contributed by atoms with van der Waals surface area (Å²) < 4.78 is 27.2. The first kappa shape index (κ1) is 13.2. The van der Waals surface area contributed by atoms with Crippen LogP contribution in [0.2, 0.25) is 0 Å². The summed E-state index contributed by atoms with van der Waals surface area (Å²) in [7, 11) is -2.74. The van der Waals surface area contributed by atoms with Crippen LogP contribution in [0.5, 0.6) is 0 Å². The van der Waals surface area contributed by atoms with Gasteiger partial charge in [0.25, 0.3) is 16.0 Å². The zero-order chi connectivity index (χ0) is 12.9. The van der Waals surface area contributed by atoms with Crippen LogP contribution in [0.3, 0.4) is 0 Å². The van der Waals surface area contributed by atoms with Crippen molar-refractivity contribution in [2.45, 2.75) is 4.90 Å². The van der Waals surface area contributed by atoms with Gasteiger partial charge in [0.1, 0.15) is 0 Å². The minimum atomic E-state index is -3.80. The number of carbonyl (C=O) groups excluding carboxylic acids is 1. The highest BCUT2D eigenvalue weighted by Crippen LogP contribution is 2.13. The zero-order valence-corrected chi connectivity index (χ0v) is 9.95. The Bertz CT molecular complexity index is 557. The summed E-state index contributed by atoms with van der Waals surface area (Å²) in [5.74, 6) is 1.82. The molecule has 0 saturated carbocycles. The topological polar surface area (TPSA) is 72.5 Å². The predicted octanol–water partition coefficient (Wildman–Crippen LogP) is 0.385. The van der Waals surface area contributed by atoms with Crippen LogP contribution in [-0.4, -0.2) is 28.0 Å². The van der Waals surface area contributed by atoms with E-state index in [0.717, 1.165) is 7.11 Å². The van der Waals surface area contributed by atoms with Crippen LogP contribution in [0.1, 0.15) is 10.4 Å².